The van der Waals surface area contributed by atoms with Crippen LogP contribution in [0.2, 0.25) is 0 Å². The zero-order chi connectivity index (χ0) is 12.7. The third-order valence-electron chi connectivity index (χ3n) is 2.30. The Labute approximate surface area is 103 Å². The van der Waals surface area contributed by atoms with E-state index in [0.717, 1.165) is 17.8 Å². The lowest BCUT2D eigenvalue weighted by Gasteiger charge is -2.10. The fourth-order valence-electron chi connectivity index (χ4n) is 1.49. The van der Waals surface area contributed by atoms with Crippen molar-refractivity contribution in [2.45, 2.75) is 27.2 Å². The molecule has 0 aliphatic heterocycles. The lowest BCUT2D eigenvalue weighted by Crippen LogP contribution is -2.09. The average Bonchev–Trinajstić information content (AvgIpc) is 2.27. The highest BCUT2D eigenvalue weighted by Crippen LogP contribution is 2.12. The molecule has 0 aliphatic carbocycles. The number of hydrogen-bond donors (Lipinski definition) is 1. The summed E-state index contributed by atoms with van der Waals surface area (Å²) < 4.78 is 4.92. The van der Waals surface area contributed by atoms with Crippen molar-refractivity contribution >= 4 is 11.7 Å². The Kier molecular flexibility index (Phi) is 5.53. The highest BCUT2D eigenvalue weighted by molar-refractivity contribution is 5.73. The van der Waals surface area contributed by atoms with E-state index in [1.807, 2.05) is 31.2 Å². The molecule has 3 heteroatoms. The van der Waals surface area contributed by atoms with Gasteiger partial charge in [0.15, 0.2) is 0 Å². The molecule has 0 saturated carbocycles. The van der Waals surface area contributed by atoms with Crippen LogP contribution in [0.25, 0.3) is 0 Å². The molecule has 1 rings (SSSR count). The van der Waals surface area contributed by atoms with E-state index in [4.69, 9.17) is 4.74 Å². The van der Waals surface area contributed by atoms with Gasteiger partial charge in [-0.1, -0.05) is 26.0 Å². The highest BCUT2D eigenvalue weighted by atomic mass is 16.5. The molecular formula is C14H21NO2. The molecule has 1 aromatic carbocycles. The first-order valence-electron chi connectivity index (χ1n) is 6.10. The molecule has 0 atom stereocenters. The summed E-state index contributed by atoms with van der Waals surface area (Å²) in [5, 5.41) is 3.34. The van der Waals surface area contributed by atoms with Gasteiger partial charge in [0.1, 0.15) is 0 Å². The summed E-state index contributed by atoms with van der Waals surface area (Å²) in [7, 11) is 0. The van der Waals surface area contributed by atoms with E-state index >= 15 is 0 Å². The molecule has 0 spiro atoms. The molecule has 0 heterocycles. The maximum Gasteiger partial charge on any atom is 0.310 e. The number of nitrogens with one attached hydrogen (secondary N) is 1. The molecule has 0 fully saturated rings. The number of esters is 1. The third kappa shape index (κ3) is 5.38. The van der Waals surface area contributed by atoms with E-state index in [1.165, 1.54) is 0 Å². The summed E-state index contributed by atoms with van der Waals surface area (Å²) >= 11 is 0. The molecule has 1 N–H and O–H groups in total. The highest BCUT2D eigenvalue weighted by Gasteiger charge is 2.04. The van der Waals surface area contributed by atoms with Crippen molar-refractivity contribution in [3.05, 3.63) is 29.8 Å². The maximum absolute atomic E-state index is 11.3. The topological polar surface area (TPSA) is 38.3 Å². The summed E-state index contributed by atoms with van der Waals surface area (Å²) in [5.74, 6) is 0.428. The van der Waals surface area contributed by atoms with Gasteiger partial charge < -0.3 is 10.1 Å². The van der Waals surface area contributed by atoms with Gasteiger partial charge >= 0.3 is 5.97 Å². The minimum atomic E-state index is -0.173. The second-order valence-electron chi connectivity index (χ2n) is 4.46. The van der Waals surface area contributed by atoms with E-state index in [-0.39, 0.29) is 5.97 Å². The van der Waals surface area contributed by atoms with Gasteiger partial charge in [-0.2, -0.15) is 0 Å². The van der Waals surface area contributed by atoms with Gasteiger partial charge in [0.05, 0.1) is 13.0 Å². The van der Waals surface area contributed by atoms with Gasteiger partial charge in [-0.3, -0.25) is 4.79 Å². The predicted octanol–water partition coefficient (Wildman–Crippen LogP) is 2.86. The lowest BCUT2D eigenvalue weighted by atomic mass is 10.1. The molecule has 0 aliphatic rings. The molecule has 0 unspecified atom stereocenters. The Morgan fingerprint density at radius 3 is 2.82 bits per heavy atom. The number of ether oxygens (including phenoxy) is 1. The van der Waals surface area contributed by atoms with Crippen LogP contribution >= 0.6 is 0 Å². The quantitative estimate of drug-likeness (QED) is 0.770. The largest absolute Gasteiger partial charge is 0.466 e. The standard InChI is InChI=1S/C14H21NO2/c1-4-17-14(16)9-12-6-5-7-13(8-12)15-10-11(2)3/h5-8,11,15H,4,9-10H2,1-3H3. The molecule has 0 radical (unpaired) electrons. The van der Waals surface area contributed by atoms with Gasteiger partial charge in [-0.15, -0.1) is 0 Å². The van der Waals surface area contributed by atoms with Crippen LogP contribution < -0.4 is 5.32 Å². The first-order chi connectivity index (χ1) is 8.11. The monoisotopic (exact) mass is 235 g/mol. The Balaban J connectivity index is 2.56. The number of benzene rings is 1. The first-order valence-corrected chi connectivity index (χ1v) is 6.10. The summed E-state index contributed by atoms with van der Waals surface area (Å²) in [4.78, 5) is 11.3. The molecule has 0 bridgehead atoms. The first kappa shape index (κ1) is 13.6. The van der Waals surface area contributed by atoms with Gasteiger partial charge in [-0.25, -0.2) is 0 Å². The minimum Gasteiger partial charge on any atom is -0.466 e. The molecule has 17 heavy (non-hydrogen) atoms. The van der Waals surface area contributed by atoms with Gasteiger partial charge in [0.25, 0.3) is 0 Å². The molecule has 0 aromatic heterocycles. The van der Waals surface area contributed by atoms with Crippen LogP contribution in [0.4, 0.5) is 5.69 Å². The molecular weight excluding hydrogens is 214 g/mol. The lowest BCUT2D eigenvalue weighted by molar-refractivity contribution is -0.142. The Morgan fingerprint density at radius 2 is 2.18 bits per heavy atom. The smallest absolute Gasteiger partial charge is 0.310 e. The van der Waals surface area contributed by atoms with Crippen molar-refractivity contribution in [3.63, 3.8) is 0 Å². The third-order valence-corrected chi connectivity index (χ3v) is 2.30. The van der Waals surface area contributed by atoms with Crippen LogP contribution in [-0.2, 0) is 16.0 Å². The maximum atomic E-state index is 11.3. The second-order valence-corrected chi connectivity index (χ2v) is 4.46. The Morgan fingerprint density at radius 1 is 1.41 bits per heavy atom. The van der Waals surface area contributed by atoms with Gasteiger partial charge in [0, 0.05) is 12.2 Å². The fourth-order valence-corrected chi connectivity index (χ4v) is 1.49. The summed E-state index contributed by atoms with van der Waals surface area (Å²) in [6, 6.07) is 7.91. The SMILES string of the molecule is CCOC(=O)Cc1cccc(NCC(C)C)c1. The van der Waals surface area contributed by atoms with E-state index in [1.54, 1.807) is 0 Å². The normalized spacial score (nSPS) is 10.4. The van der Waals surface area contributed by atoms with Crippen molar-refractivity contribution in [2.75, 3.05) is 18.5 Å². The number of hydrogen-bond acceptors (Lipinski definition) is 3. The second kappa shape index (κ2) is 6.94. The van der Waals surface area contributed by atoms with Crippen molar-refractivity contribution in [1.82, 2.24) is 0 Å². The van der Waals surface area contributed by atoms with Crippen molar-refractivity contribution in [1.29, 1.82) is 0 Å². The number of carbonyl (C=O) groups excluding carboxylic acids is 1. The Bertz CT molecular complexity index is 361. The summed E-state index contributed by atoms with van der Waals surface area (Å²) in [6.07, 6.45) is 0.338. The van der Waals surface area contributed by atoms with Crippen LogP contribution in [0, 0.1) is 5.92 Å². The van der Waals surface area contributed by atoms with Gasteiger partial charge in [0.2, 0.25) is 0 Å². The van der Waals surface area contributed by atoms with Crippen molar-refractivity contribution in [3.8, 4) is 0 Å². The van der Waals surface area contributed by atoms with E-state index in [9.17, 15) is 4.79 Å². The fraction of sp³-hybridized carbons (Fsp3) is 0.500. The van der Waals surface area contributed by atoms with E-state index in [2.05, 4.69) is 19.2 Å². The van der Waals surface area contributed by atoms with Crippen LogP contribution in [0.5, 0.6) is 0 Å². The average molecular weight is 235 g/mol. The van der Waals surface area contributed by atoms with Crippen LogP contribution in [-0.4, -0.2) is 19.1 Å². The number of rotatable bonds is 6. The molecule has 1 aromatic rings. The van der Waals surface area contributed by atoms with Crippen LogP contribution in [0.15, 0.2) is 24.3 Å². The molecule has 3 nitrogen and oxygen atoms in total. The zero-order valence-electron chi connectivity index (χ0n) is 10.8. The number of anilines is 1. The molecule has 0 saturated heterocycles. The zero-order valence-corrected chi connectivity index (χ0v) is 10.8. The van der Waals surface area contributed by atoms with Crippen molar-refractivity contribution < 1.29 is 9.53 Å². The molecule has 94 valence electrons. The Hall–Kier alpha value is -1.51. The van der Waals surface area contributed by atoms with Crippen LogP contribution in [0.1, 0.15) is 26.3 Å². The van der Waals surface area contributed by atoms with Crippen molar-refractivity contribution in [2.24, 2.45) is 5.92 Å². The van der Waals surface area contributed by atoms with E-state index in [0.29, 0.717) is 18.9 Å². The van der Waals surface area contributed by atoms with E-state index < -0.39 is 0 Å². The molecule has 0 amide bonds. The summed E-state index contributed by atoms with van der Waals surface area (Å²) in [6.45, 7) is 7.51. The van der Waals surface area contributed by atoms with Gasteiger partial charge in [-0.05, 0) is 30.5 Å². The minimum absolute atomic E-state index is 0.173. The van der Waals surface area contributed by atoms with Crippen LogP contribution in [0.3, 0.4) is 0 Å². The predicted molar refractivity (Wildman–Crippen MR) is 70.1 cm³/mol. The summed E-state index contributed by atoms with van der Waals surface area (Å²) in [5.41, 5.74) is 2.04. The number of carbonyl (C=O) groups is 1.